The van der Waals surface area contributed by atoms with E-state index in [0.717, 1.165) is 43.7 Å². The van der Waals surface area contributed by atoms with Gasteiger partial charge in [-0.25, -0.2) is 9.78 Å². The maximum Gasteiger partial charge on any atom is 0.322 e. The van der Waals surface area contributed by atoms with Gasteiger partial charge in [0, 0.05) is 50.4 Å². The Kier molecular flexibility index (Phi) is 7.76. The molecule has 4 rings (SSSR count). The minimum absolute atomic E-state index is 0.0134. The summed E-state index contributed by atoms with van der Waals surface area (Å²) in [4.78, 5) is 34.6. The Labute approximate surface area is 211 Å². The van der Waals surface area contributed by atoms with Crippen LogP contribution in [-0.2, 0) is 4.79 Å². The Balaban J connectivity index is 1.34. The number of rotatable bonds is 5. The first kappa shape index (κ1) is 24.8. The van der Waals surface area contributed by atoms with Gasteiger partial charge in [0.15, 0.2) is 0 Å². The second-order valence-corrected chi connectivity index (χ2v) is 9.85. The first-order valence-corrected chi connectivity index (χ1v) is 12.5. The minimum Gasteiger partial charge on any atom is -0.365 e. The van der Waals surface area contributed by atoms with Gasteiger partial charge in [-0.15, -0.1) is 0 Å². The highest BCUT2D eigenvalue weighted by molar-refractivity contribution is 6.32. The number of urea groups is 1. The topological polar surface area (TPSA) is 92.6 Å². The molecule has 2 unspecified atom stereocenters. The summed E-state index contributed by atoms with van der Waals surface area (Å²) in [5.74, 6) is 1.37. The lowest BCUT2D eigenvalue weighted by molar-refractivity contribution is -0.108. The fraction of sp³-hybridized carbons (Fsp3) is 0.462. The molecule has 2 fully saturated rings. The Hall–Kier alpha value is -3.31. The number of hydrogen-bond acceptors (Lipinski definition) is 6. The van der Waals surface area contributed by atoms with Gasteiger partial charge in [0.1, 0.15) is 18.2 Å². The lowest BCUT2D eigenvalue weighted by atomic mass is 9.94. The summed E-state index contributed by atoms with van der Waals surface area (Å²) in [6.07, 6.45) is 5.35. The van der Waals surface area contributed by atoms with Crippen LogP contribution in [0.5, 0.6) is 0 Å². The Bertz CT molecular complexity index is 1090. The van der Waals surface area contributed by atoms with Gasteiger partial charge in [0.05, 0.1) is 22.5 Å². The van der Waals surface area contributed by atoms with Crippen molar-refractivity contribution in [3.05, 3.63) is 47.1 Å². The molecule has 2 amide bonds. The lowest BCUT2D eigenvalue weighted by Gasteiger charge is -2.45. The number of benzene rings is 1. The summed E-state index contributed by atoms with van der Waals surface area (Å²) in [6.45, 7) is 7.11. The van der Waals surface area contributed by atoms with Crippen molar-refractivity contribution in [1.29, 1.82) is 5.26 Å². The highest BCUT2D eigenvalue weighted by Crippen LogP contribution is 2.28. The molecule has 2 aliphatic rings. The number of carbonyl (C=O) groups excluding carboxylic acids is 2. The van der Waals surface area contributed by atoms with Gasteiger partial charge in [-0.3, -0.25) is 0 Å². The number of carbonyl (C=O) groups is 2. The molecule has 2 saturated heterocycles. The van der Waals surface area contributed by atoms with E-state index in [4.69, 9.17) is 16.9 Å². The van der Waals surface area contributed by atoms with Crippen LogP contribution in [0.1, 0.15) is 38.7 Å². The number of anilines is 3. The summed E-state index contributed by atoms with van der Waals surface area (Å²) in [5, 5.41) is 12.5. The standard InChI is InChI=1S/C26H31ClN6O2/c1-18-17-33(19(2)16-32(18)23-5-3-21(14-28)24(27)13-23)26(35)30-22-4-6-25(29-15-22)31-10-7-20(8-11-31)9-12-34/h3-6,12-13,15,18-20H,7-11,16-17H2,1-2H3,(H,30,35). The van der Waals surface area contributed by atoms with Crippen LogP contribution in [0.15, 0.2) is 36.5 Å². The molecule has 1 aromatic heterocycles. The fourth-order valence-corrected chi connectivity index (χ4v) is 5.14. The van der Waals surface area contributed by atoms with E-state index < -0.39 is 0 Å². The van der Waals surface area contributed by atoms with Crippen molar-refractivity contribution in [2.75, 3.05) is 41.3 Å². The zero-order chi connectivity index (χ0) is 24.9. The normalized spacial score (nSPS) is 20.9. The van der Waals surface area contributed by atoms with E-state index in [1.165, 1.54) is 0 Å². The lowest BCUT2D eigenvalue weighted by Crippen LogP contribution is -2.59. The highest BCUT2D eigenvalue weighted by Gasteiger charge is 2.32. The Morgan fingerprint density at radius 3 is 2.60 bits per heavy atom. The second-order valence-electron chi connectivity index (χ2n) is 9.45. The number of nitrogens with one attached hydrogen (secondary N) is 1. The van der Waals surface area contributed by atoms with Crippen LogP contribution in [-0.4, -0.2) is 60.5 Å². The molecule has 35 heavy (non-hydrogen) atoms. The van der Waals surface area contributed by atoms with E-state index in [-0.39, 0.29) is 18.1 Å². The monoisotopic (exact) mass is 494 g/mol. The van der Waals surface area contributed by atoms with Crippen molar-refractivity contribution in [1.82, 2.24) is 9.88 Å². The van der Waals surface area contributed by atoms with Gasteiger partial charge in [0.25, 0.3) is 0 Å². The van der Waals surface area contributed by atoms with Gasteiger partial charge in [0.2, 0.25) is 0 Å². The predicted molar refractivity (Wildman–Crippen MR) is 138 cm³/mol. The van der Waals surface area contributed by atoms with E-state index in [9.17, 15) is 9.59 Å². The first-order chi connectivity index (χ1) is 16.9. The molecule has 1 N–H and O–H groups in total. The average Bonchev–Trinajstić information content (AvgIpc) is 2.86. The van der Waals surface area contributed by atoms with Crippen molar-refractivity contribution in [2.24, 2.45) is 5.92 Å². The van der Waals surface area contributed by atoms with Gasteiger partial charge in [-0.2, -0.15) is 5.26 Å². The van der Waals surface area contributed by atoms with Crippen LogP contribution in [0.4, 0.5) is 22.0 Å². The van der Waals surface area contributed by atoms with Crippen LogP contribution in [0.3, 0.4) is 0 Å². The van der Waals surface area contributed by atoms with Crippen molar-refractivity contribution in [3.8, 4) is 6.07 Å². The maximum absolute atomic E-state index is 13.1. The molecular formula is C26H31ClN6O2. The number of amides is 2. The smallest absolute Gasteiger partial charge is 0.322 e. The number of hydrogen-bond donors (Lipinski definition) is 1. The van der Waals surface area contributed by atoms with E-state index in [0.29, 0.717) is 41.7 Å². The first-order valence-electron chi connectivity index (χ1n) is 12.1. The third kappa shape index (κ3) is 5.68. The van der Waals surface area contributed by atoms with Crippen molar-refractivity contribution >= 4 is 41.1 Å². The summed E-state index contributed by atoms with van der Waals surface area (Å²) < 4.78 is 0. The van der Waals surface area contributed by atoms with Gasteiger partial charge < -0.3 is 24.8 Å². The number of pyridine rings is 1. The Morgan fingerprint density at radius 2 is 1.97 bits per heavy atom. The number of piperazine rings is 1. The van der Waals surface area contributed by atoms with Gasteiger partial charge >= 0.3 is 6.03 Å². The third-order valence-electron chi connectivity index (χ3n) is 7.02. The van der Waals surface area contributed by atoms with Gasteiger partial charge in [-0.05, 0) is 62.9 Å². The Morgan fingerprint density at radius 1 is 1.20 bits per heavy atom. The van der Waals surface area contributed by atoms with Crippen LogP contribution < -0.4 is 15.1 Å². The number of nitrogens with zero attached hydrogens (tertiary/aromatic N) is 5. The van der Waals surface area contributed by atoms with Crippen LogP contribution in [0.25, 0.3) is 0 Å². The summed E-state index contributed by atoms with van der Waals surface area (Å²) in [7, 11) is 0. The second kappa shape index (κ2) is 11.0. The minimum atomic E-state index is -0.147. The molecular weight excluding hydrogens is 464 g/mol. The molecule has 0 saturated carbocycles. The number of piperidine rings is 1. The number of aromatic nitrogens is 1. The van der Waals surface area contributed by atoms with Crippen LogP contribution in [0, 0.1) is 17.2 Å². The molecule has 184 valence electrons. The molecule has 0 radical (unpaired) electrons. The summed E-state index contributed by atoms with van der Waals surface area (Å²) in [6, 6.07) is 11.3. The average molecular weight is 495 g/mol. The molecule has 3 heterocycles. The largest absolute Gasteiger partial charge is 0.365 e. The predicted octanol–water partition coefficient (Wildman–Crippen LogP) is 4.54. The van der Waals surface area contributed by atoms with Crippen LogP contribution in [0.2, 0.25) is 5.02 Å². The van der Waals surface area contributed by atoms with Crippen molar-refractivity contribution in [2.45, 2.75) is 45.2 Å². The molecule has 1 aromatic carbocycles. The summed E-state index contributed by atoms with van der Waals surface area (Å²) in [5.41, 5.74) is 2.07. The molecule has 0 aliphatic carbocycles. The zero-order valence-corrected chi connectivity index (χ0v) is 20.9. The molecule has 9 heteroatoms. The highest BCUT2D eigenvalue weighted by atomic mass is 35.5. The van der Waals surface area contributed by atoms with E-state index in [1.807, 2.05) is 36.1 Å². The van der Waals surface area contributed by atoms with Crippen LogP contribution >= 0.6 is 11.6 Å². The summed E-state index contributed by atoms with van der Waals surface area (Å²) >= 11 is 6.24. The van der Waals surface area contributed by atoms with E-state index >= 15 is 0 Å². The molecule has 0 bridgehead atoms. The maximum atomic E-state index is 13.1. The molecule has 2 aliphatic heterocycles. The van der Waals surface area contributed by atoms with Crippen molar-refractivity contribution < 1.29 is 9.59 Å². The molecule has 8 nitrogen and oxygen atoms in total. The van der Waals surface area contributed by atoms with E-state index in [2.05, 4.69) is 33.1 Å². The third-order valence-corrected chi connectivity index (χ3v) is 7.33. The number of halogens is 1. The molecule has 2 aromatic rings. The van der Waals surface area contributed by atoms with Gasteiger partial charge in [-0.1, -0.05) is 11.6 Å². The number of nitriles is 1. The zero-order valence-electron chi connectivity index (χ0n) is 20.2. The van der Waals surface area contributed by atoms with Crippen molar-refractivity contribution in [3.63, 3.8) is 0 Å². The quantitative estimate of drug-likeness (QED) is 0.613. The fourth-order valence-electron chi connectivity index (χ4n) is 4.92. The van der Waals surface area contributed by atoms with E-state index in [1.54, 1.807) is 12.3 Å². The molecule has 0 spiro atoms. The number of aldehydes is 1. The SMILES string of the molecule is CC1CN(c2ccc(C#N)c(Cl)c2)C(C)CN1C(=O)Nc1ccc(N2CCC(CC=O)CC2)nc1. The molecule has 2 atom stereocenters.